The second-order valence-corrected chi connectivity index (χ2v) is 4.53. The van der Waals surface area contributed by atoms with E-state index in [0.29, 0.717) is 0 Å². The average Bonchev–Trinajstić information content (AvgIpc) is 2.30. The van der Waals surface area contributed by atoms with Crippen LogP contribution in [-0.4, -0.2) is 43.9 Å². The van der Waals surface area contributed by atoms with E-state index in [1.54, 1.807) is 7.11 Å². The van der Waals surface area contributed by atoms with Crippen molar-refractivity contribution in [1.29, 1.82) is 0 Å². The highest BCUT2D eigenvalue weighted by molar-refractivity contribution is 5.41. The van der Waals surface area contributed by atoms with Gasteiger partial charge in [-0.15, -0.1) is 0 Å². The summed E-state index contributed by atoms with van der Waals surface area (Å²) in [4.78, 5) is 2.14. The number of hydrogen-bond donors (Lipinski definition) is 1. The monoisotopic (exact) mass is 237 g/mol. The van der Waals surface area contributed by atoms with Gasteiger partial charge in [-0.2, -0.15) is 0 Å². The summed E-state index contributed by atoms with van der Waals surface area (Å²) in [6.45, 7) is 6.10. The molecule has 3 nitrogen and oxygen atoms in total. The highest BCUT2D eigenvalue weighted by atomic mass is 16.5. The van der Waals surface area contributed by atoms with Crippen molar-refractivity contribution in [3.05, 3.63) is 28.8 Å². The molecule has 0 heterocycles. The summed E-state index contributed by atoms with van der Waals surface area (Å²) in [7, 11) is 3.73. The van der Waals surface area contributed by atoms with Crippen molar-refractivity contribution in [3.63, 3.8) is 0 Å². The molecule has 0 saturated heterocycles. The summed E-state index contributed by atoms with van der Waals surface area (Å²) < 4.78 is 5.30. The lowest BCUT2D eigenvalue weighted by molar-refractivity contribution is 0.223. The molecule has 0 saturated carbocycles. The van der Waals surface area contributed by atoms with E-state index in [2.05, 4.69) is 30.9 Å². The molecule has 0 unspecified atom stereocenters. The SMILES string of the molecule is COc1cc(C)c(CCN(C)CCO)cc1C. The maximum absolute atomic E-state index is 8.84. The lowest BCUT2D eigenvalue weighted by atomic mass is 10.0. The Labute approximate surface area is 104 Å². The van der Waals surface area contributed by atoms with Crippen LogP contribution in [0.5, 0.6) is 5.75 Å². The summed E-state index contributed by atoms with van der Waals surface area (Å²) in [5.74, 6) is 0.954. The standard InChI is InChI=1S/C14H23NO2/c1-11-10-14(17-4)12(2)9-13(11)5-6-15(3)7-8-16/h9-10,16H,5-8H2,1-4H3. The topological polar surface area (TPSA) is 32.7 Å². The number of aryl methyl sites for hydroxylation is 2. The molecule has 0 aromatic heterocycles. The second-order valence-electron chi connectivity index (χ2n) is 4.53. The number of aliphatic hydroxyl groups is 1. The fourth-order valence-corrected chi connectivity index (χ4v) is 1.93. The molecule has 1 N–H and O–H groups in total. The van der Waals surface area contributed by atoms with Gasteiger partial charge in [0.15, 0.2) is 0 Å². The Kier molecular flexibility index (Phi) is 5.45. The third kappa shape index (κ3) is 4.02. The number of likely N-dealkylation sites (N-methyl/N-ethyl adjacent to an activating group) is 1. The minimum absolute atomic E-state index is 0.219. The van der Waals surface area contributed by atoms with Crippen LogP contribution in [0.1, 0.15) is 16.7 Å². The summed E-state index contributed by atoms with van der Waals surface area (Å²) in [6, 6.07) is 4.29. The van der Waals surface area contributed by atoms with E-state index in [4.69, 9.17) is 9.84 Å². The molecule has 1 rings (SSSR count). The molecule has 0 atom stereocenters. The highest BCUT2D eigenvalue weighted by Gasteiger charge is 2.06. The first-order valence-electron chi connectivity index (χ1n) is 6.02. The predicted octanol–water partition coefficient (Wildman–Crippen LogP) is 1.78. The number of aliphatic hydroxyl groups excluding tert-OH is 1. The molecule has 0 bridgehead atoms. The minimum atomic E-state index is 0.219. The molecule has 0 radical (unpaired) electrons. The lowest BCUT2D eigenvalue weighted by Crippen LogP contribution is -2.24. The lowest BCUT2D eigenvalue weighted by Gasteiger charge is -2.17. The van der Waals surface area contributed by atoms with Crippen molar-refractivity contribution in [2.75, 3.05) is 33.9 Å². The number of hydrogen-bond acceptors (Lipinski definition) is 3. The Bertz CT molecular complexity index is 363. The molecule has 0 spiro atoms. The van der Waals surface area contributed by atoms with Crippen molar-refractivity contribution in [2.24, 2.45) is 0 Å². The van der Waals surface area contributed by atoms with Crippen molar-refractivity contribution in [1.82, 2.24) is 4.90 Å². The molecule has 1 aromatic rings. The summed E-state index contributed by atoms with van der Waals surface area (Å²) in [5, 5.41) is 8.84. The molecule has 0 aliphatic heterocycles. The maximum atomic E-state index is 8.84. The van der Waals surface area contributed by atoms with Gasteiger partial charge in [-0.25, -0.2) is 0 Å². The van der Waals surface area contributed by atoms with Crippen molar-refractivity contribution in [2.45, 2.75) is 20.3 Å². The van der Waals surface area contributed by atoms with E-state index in [1.807, 2.05) is 7.05 Å². The smallest absolute Gasteiger partial charge is 0.122 e. The number of nitrogens with zero attached hydrogens (tertiary/aromatic N) is 1. The Balaban J connectivity index is 2.68. The average molecular weight is 237 g/mol. The van der Waals surface area contributed by atoms with Crippen molar-refractivity contribution >= 4 is 0 Å². The molecule has 17 heavy (non-hydrogen) atoms. The van der Waals surface area contributed by atoms with Crippen molar-refractivity contribution in [3.8, 4) is 5.75 Å². The van der Waals surface area contributed by atoms with Gasteiger partial charge in [0, 0.05) is 13.1 Å². The van der Waals surface area contributed by atoms with E-state index in [1.165, 1.54) is 16.7 Å². The van der Waals surface area contributed by atoms with Crippen LogP contribution in [0.2, 0.25) is 0 Å². The van der Waals surface area contributed by atoms with E-state index in [9.17, 15) is 0 Å². The Hall–Kier alpha value is -1.06. The van der Waals surface area contributed by atoms with Gasteiger partial charge < -0.3 is 14.7 Å². The van der Waals surface area contributed by atoms with Gasteiger partial charge in [-0.05, 0) is 50.1 Å². The number of rotatable bonds is 6. The summed E-state index contributed by atoms with van der Waals surface area (Å²) >= 11 is 0. The quantitative estimate of drug-likeness (QED) is 0.818. The zero-order chi connectivity index (χ0) is 12.8. The predicted molar refractivity (Wildman–Crippen MR) is 70.8 cm³/mol. The zero-order valence-corrected chi connectivity index (χ0v) is 11.3. The molecule has 0 fully saturated rings. The fourth-order valence-electron chi connectivity index (χ4n) is 1.93. The van der Waals surface area contributed by atoms with Crippen LogP contribution in [0.3, 0.4) is 0 Å². The Morgan fingerprint density at radius 3 is 2.47 bits per heavy atom. The van der Waals surface area contributed by atoms with E-state index in [-0.39, 0.29) is 6.61 Å². The summed E-state index contributed by atoms with van der Waals surface area (Å²) in [6.07, 6.45) is 1.01. The van der Waals surface area contributed by atoms with Gasteiger partial charge in [0.05, 0.1) is 13.7 Å². The molecule has 0 amide bonds. The minimum Gasteiger partial charge on any atom is -0.496 e. The van der Waals surface area contributed by atoms with Crippen LogP contribution in [0.15, 0.2) is 12.1 Å². The molecular weight excluding hydrogens is 214 g/mol. The largest absolute Gasteiger partial charge is 0.496 e. The summed E-state index contributed by atoms with van der Waals surface area (Å²) in [5.41, 5.74) is 3.80. The molecule has 3 heteroatoms. The van der Waals surface area contributed by atoms with Crippen LogP contribution in [0.25, 0.3) is 0 Å². The third-order valence-corrected chi connectivity index (χ3v) is 3.10. The van der Waals surface area contributed by atoms with E-state index < -0.39 is 0 Å². The van der Waals surface area contributed by atoms with Gasteiger partial charge in [0.2, 0.25) is 0 Å². The molecule has 0 aliphatic carbocycles. The first kappa shape index (κ1) is 14.0. The third-order valence-electron chi connectivity index (χ3n) is 3.10. The van der Waals surface area contributed by atoms with Crippen LogP contribution in [0.4, 0.5) is 0 Å². The maximum Gasteiger partial charge on any atom is 0.122 e. The van der Waals surface area contributed by atoms with Gasteiger partial charge >= 0.3 is 0 Å². The normalized spacial score (nSPS) is 10.9. The number of ether oxygens (including phenoxy) is 1. The fraction of sp³-hybridized carbons (Fsp3) is 0.571. The van der Waals surface area contributed by atoms with Crippen LogP contribution >= 0.6 is 0 Å². The van der Waals surface area contributed by atoms with E-state index in [0.717, 1.165) is 25.3 Å². The zero-order valence-electron chi connectivity index (χ0n) is 11.3. The van der Waals surface area contributed by atoms with Crippen LogP contribution in [-0.2, 0) is 6.42 Å². The molecule has 96 valence electrons. The second kappa shape index (κ2) is 6.62. The molecule has 0 aliphatic rings. The molecule has 1 aromatic carbocycles. The Morgan fingerprint density at radius 2 is 1.88 bits per heavy atom. The Morgan fingerprint density at radius 1 is 1.18 bits per heavy atom. The van der Waals surface area contributed by atoms with Gasteiger partial charge in [0.1, 0.15) is 5.75 Å². The van der Waals surface area contributed by atoms with Gasteiger partial charge in [-0.3, -0.25) is 0 Å². The van der Waals surface area contributed by atoms with Crippen molar-refractivity contribution < 1.29 is 9.84 Å². The van der Waals surface area contributed by atoms with Gasteiger partial charge in [0.25, 0.3) is 0 Å². The number of methoxy groups -OCH3 is 1. The first-order chi connectivity index (χ1) is 8.08. The van der Waals surface area contributed by atoms with Crippen LogP contribution in [0, 0.1) is 13.8 Å². The first-order valence-corrected chi connectivity index (χ1v) is 6.02. The highest BCUT2D eigenvalue weighted by Crippen LogP contribution is 2.22. The van der Waals surface area contributed by atoms with Gasteiger partial charge in [-0.1, -0.05) is 6.07 Å². The number of benzene rings is 1. The van der Waals surface area contributed by atoms with E-state index >= 15 is 0 Å². The van der Waals surface area contributed by atoms with Crippen LogP contribution < -0.4 is 4.74 Å². The molecular formula is C14H23NO2.